The van der Waals surface area contributed by atoms with Gasteiger partial charge in [-0.3, -0.25) is 20.7 Å². The SMILES string of the molecule is CC(C)[C@H](Nc1[nH+]c(N[C@@H](Cc2ccc(O)cc2)C(=O)[O-])ccc1[N+](=O)[O-])C(=O)[O-]. The summed E-state index contributed by atoms with van der Waals surface area (Å²) in [4.78, 5) is 36.1. The van der Waals surface area contributed by atoms with Gasteiger partial charge < -0.3 is 24.9 Å². The van der Waals surface area contributed by atoms with Crippen LogP contribution in [0.4, 0.5) is 17.3 Å². The lowest BCUT2D eigenvalue weighted by atomic mass is 10.0. The van der Waals surface area contributed by atoms with Crippen molar-refractivity contribution in [3.63, 3.8) is 0 Å². The fourth-order valence-electron chi connectivity index (χ4n) is 2.73. The third kappa shape index (κ3) is 5.80. The number of hydrogen-bond acceptors (Lipinski definition) is 9. The molecule has 2 atom stereocenters. The van der Waals surface area contributed by atoms with Gasteiger partial charge in [-0.25, -0.2) is 4.98 Å². The number of anilines is 2. The van der Waals surface area contributed by atoms with Crippen molar-refractivity contribution in [2.24, 2.45) is 5.92 Å². The maximum atomic E-state index is 11.5. The van der Waals surface area contributed by atoms with Crippen LogP contribution in [0.25, 0.3) is 0 Å². The predicted molar refractivity (Wildman–Crippen MR) is 101 cm³/mol. The summed E-state index contributed by atoms with van der Waals surface area (Å²) >= 11 is 0. The van der Waals surface area contributed by atoms with E-state index in [1.165, 1.54) is 18.2 Å². The van der Waals surface area contributed by atoms with Crippen molar-refractivity contribution in [1.82, 2.24) is 0 Å². The summed E-state index contributed by atoms with van der Waals surface area (Å²) in [5, 5.41) is 48.7. The van der Waals surface area contributed by atoms with Gasteiger partial charge >= 0.3 is 5.69 Å². The molecule has 1 aromatic carbocycles. The number of carbonyl (C=O) groups is 2. The molecule has 0 aliphatic heterocycles. The molecule has 1 aromatic heterocycles. The van der Waals surface area contributed by atoms with E-state index in [1.54, 1.807) is 26.0 Å². The summed E-state index contributed by atoms with van der Waals surface area (Å²) in [5.74, 6) is -3.38. The number of phenolic OH excluding ortho intramolecular Hbond substituents is 1. The van der Waals surface area contributed by atoms with Crippen LogP contribution in [0, 0.1) is 16.0 Å². The van der Waals surface area contributed by atoms with Gasteiger partial charge in [0, 0.05) is 18.6 Å². The summed E-state index contributed by atoms with van der Waals surface area (Å²) in [7, 11) is 0. The predicted octanol–water partition coefficient (Wildman–Crippen LogP) is -0.926. The quantitative estimate of drug-likeness (QED) is 0.325. The number of pyridine rings is 1. The molecule has 0 bridgehead atoms. The largest absolute Gasteiger partial charge is 0.546 e. The second-order valence-corrected chi connectivity index (χ2v) is 6.96. The van der Waals surface area contributed by atoms with Crippen LogP contribution in [0.3, 0.4) is 0 Å². The molecular weight excluding hydrogens is 396 g/mol. The maximum absolute atomic E-state index is 11.5. The minimum absolute atomic E-state index is 0.00384. The van der Waals surface area contributed by atoms with E-state index < -0.39 is 40.6 Å². The number of aromatic hydroxyl groups is 1. The van der Waals surface area contributed by atoms with E-state index in [-0.39, 0.29) is 23.8 Å². The van der Waals surface area contributed by atoms with Gasteiger partial charge in [-0.2, -0.15) is 0 Å². The number of carbonyl (C=O) groups excluding carboxylic acids is 2. The molecule has 0 saturated carbocycles. The number of aromatic amines is 1. The second kappa shape index (κ2) is 9.54. The zero-order valence-electron chi connectivity index (χ0n) is 16.2. The van der Waals surface area contributed by atoms with Gasteiger partial charge in [0.15, 0.2) is 0 Å². The molecule has 30 heavy (non-hydrogen) atoms. The van der Waals surface area contributed by atoms with Crippen LogP contribution < -0.4 is 25.8 Å². The van der Waals surface area contributed by atoms with Gasteiger partial charge in [0.1, 0.15) is 17.8 Å². The third-order valence-corrected chi connectivity index (χ3v) is 4.33. The number of aliphatic carboxylic acids is 2. The number of hydrogen-bond donors (Lipinski definition) is 3. The Balaban J connectivity index is 2.30. The normalized spacial score (nSPS) is 12.8. The van der Waals surface area contributed by atoms with Gasteiger partial charge in [-0.15, -0.1) is 0 Å². The monoisotopic (exact) mass is 417 g/mol. The number of phenols is 1. The van der Waals surface area contributed by atoms with Crippen LogP contribution in [-0.4, -0.2) is 34.1 Å². The molecule has 0 amide bonds. The van der Waals surface area contributed by atoms with E-state index >= 15 is 0 Å². The fraction of sp³-hybridized carbons (Fsp3) is 0.316. The Labute approximate surface area is 171 Å². The molecule has 2 aromatic rings. The highest BCUT2D eigenvalue weighted by molar-refractivity contribution is 5.77. The molecule has 11 nitrogen and oxygen atoms in total. The molecule has 4 N–H and O–H groups in total. The first-order chi connectivity index (χ1) is 14.1. The van der Waals surface area contributed by atoms with Gasteiger partial charge in [0.05, 0.1) is 16.9 Å². The van der Waals surface area contributed by atoms with E-state index in [1.807, 2.05) is 0 Å². The Morgan fingerprint density at radius 2 is 1.70 bits per heavy atom. The summed E-state index contributed by atoms with van der Waals surface area (Å²) in [6.07, 6.45) is 0.00384. The van der Waals surface area contributed by atoms with Crippen molar-refractivity contribution in [3.8, 4) is 5.75 Å². The van der Waals surface area contributed by atoms with E-state index in [4.69, 9.17) is 0 Å². The number of aromatic nitrogens is 1. The molecule has 0 aliphatic rings. The van der Waals surface area contributed by atoms with Crippen LogP contribution >= 0.6 is 0 Å². The molecular formula is C19H21N4O7-. The van der Waals surface area contributed by atoms with Gasteiger partial charge in [0.25, 0.3) is 5.82 Å². The molecule has 2 rings (SSSR count). The molecule has 0 radical (unpaired) electrons. The highest BCUT2D eigenvalue weighted by Gasteiger charge is 2.27. The van der Waals surface area contributed by atoms with E-state index in [0.29, 0.717) is 5.56 Å². The number of carboxylic acids is 2. The van der Waals surface area contributed by atoms with Crippen molar-refractivity contribution in [2.75, 3.05) is 10.6 Å². The van der Waals surface area contributed by atoms with Crippen molar-refractivity contribution in [3.05, 3.63) is 52.1 Å². The highest BCUT2D eigenvalue weighted by atomic mass is 16.6. The number of nitro groups is 1. The lowest BCUT2D eigenvalue weighted by Crippen LogP contribution is -2.46. The van der Waals surface area contributed by atoms with Crippen molar-refractivity contribution in [1.29, 1.82) is 0 Å². The summed E-state index contributed by atoms with van der Waals surface area (Å²) < 4.78 is 0. The third-order valence-electron chi connectivity index (χ3n) is 4.33. The van der Waals surface area contributed by atoms with Crippen LogP contribution in [0.15, 0.2) is 36.4 Å². The van der Waals surface area contributed by atoms with Gasteiger partial charge in [-0.1, -0.05) is 26.0 Å². The minimum Gasteiger partial charge on any atom is -0.546 e. The zero-order valence-corrected chi connectivity index (χ0v) is 16.2. The smallest absolute Gasteiger partial charge is 0.340 e. The number of nitrogens with zero attached hydrogens (tertiary/aromatic N) is 1. The van der Waals surface area contributed by atoms with Crippen LogP contribution in [0.2, 0.25) is 0 Å². The molecule has 11 heteroatoms. The first-order valence-electron chi connectivity index (χ1n) is 9.02. The Morgan fingerprint density at radius 3 is 2.20 bits per heavy atom. The Kier molecular flexibility index (Phi) is 7.13. The molecule has 160 valence electrons. The molecule has 0 spiro atoms. The van der Waals surface area contributed by atoms with Crippen molar-refractivity contribution in [2.45, 2.75) is 32.4 Å². The highest BCUT2D eigenvalue weighted by Crippen LogP contribution is 2.23. The summed E-state index contributed by atoms with van der Waals surface area (Å²) in [6.45, 7) is 3.20. The molecule has 0 unspecified atom stereocenters. The van der Waals surface area contributed by atoms with Crippen LogP contribution in [0.1, 0.15) is 19.4 Å². The maximum Gasteiger partial charge on any atom is 0.340 e. The number of H-pyrrole nitrogens is 1. The first kappa shape index (κ1) is 22.4. The fourth-order valence-corrected chi connectivity index (χ4v) is 2.73. The molecule has 0 aliphatic carbocycles. The minimum atomic E-state index is -1.44. The average molecular weight is 417 g/mol. The summed E-state index contributed by atoms with van der Waals surface area (Å²) in [5.41, 5.74) is 0.183. The lowest BCUT2D eigenvalue weighted by Gasteiger charge is -2.21. The van der Waals surface area contributed by atoms with Crippen molar-refractivity contribution < 1.29 is 34.8 Å². The van der Waals surface area contributed by atoms with E-state index in [9.17, 15) is 35.0 Å². The molecule has 1 heterocycles. The van der Waals surface area contributed by atoms with Gasteiger partial charge in [-0.05, 0) is 23.6 Å². The summed E-state index contributed by atoms with van der Waals surface area (Å²) in [6, 6.07) is 5.87. The standard InChI is InChI=1S/C19H22N4O7/c1-10(2)16(19(27)28)22-17-14(23(29)30)7-8-15(21-17)20-13(18(25)26)9-11-3-5-12(24)6-4-11/h3-8,10,13,16,24H,9H2,1-2H3,(H,25,26)(H,27,28)(H2,20,21,22)/p-1/t13-,16-/m0/s1. The number of nitrogens with one attached hydrogen (secondary N) is 3. The van der Waals surface area contributed by atoms with Crippen molar-refractivity contribution >= 4 is 29.3 Å². The average Bonchev–Trinajstić information content (AvgIpc) is 2.66. The first-order valence-corrected chi connectivity index (χ1v) is 9.02. The van der Waals surface area contributed by atoms with Crippen LogP contribution in [-0.2, 0) is 16.0 Å². The zero-order chi connectivity index (χ0) is 22.4. The molecule has 0 fully saturated rings. The Morgan fingerprint density at radius 1 is 1.07 bits per heavy atom. The Hall–Kier alpha value is -3.89. The van der Waals surface area contributed by atoms with E-state index in [0.717, 1.165) is 6.07 Å². The van der Waals surface area contributed by atoms with Crippen LogP contribution in [0.5, 0.6) is 5.75 Å². The Bertz CT molecular complexity index is 931. The number of rotatable bonds is 10. The topological polar surface area (TPSA) is 182 Å². The van der Waals surface area contributed by atoms with Gasteiger partial charge in [0.2, 0.25) is 5.82 Å². The van der Waals surface area contributed by atoms with E-state index in [2.05, 4.69) is 15.6 Å². The number of benzene rings is 1. The number of carboxylic acid groups (broad SMARTS) is 2. The molecule has 0 saturated heterocycles. The second-order valence-electron chi connectivity index (χ2n) is 6.96. The lowest BCUT2D eigenvalue weighted by molar-refractivity contribution is -0.405.